The van der Waals surface area contributed by atoms with Gasteiger partial charge in [-0.05, 0) is 18.1 Å². The Hall–Kier alpha value is -0.540. The summed E-state index contributed by atoms with van der Waals surface area (Å²) in [6, 6.07) is 6.26. The summed E-state index contributed by atoms with van der Waals surface area (Å²) in [4.78, 5) is 0. The minimum absolute atomic E-state index is 0.747. The van der Waals surface area contributed by atoms with Crippen molar-refractivity contribution in [1.82, 2.24) is 0 Å². The Labute approximate surface area is 93.4 Å². The van der Waals surface area contributed by atoms with Crippen LogP contribution in [0.2, 0.25) is 0 Å². The Bertz CT molecular complexity index is 287. The molecule has 3 heteroatoms. The van der Waals surface area contributed by atoms with Gasteiger partial charge < -0.3 is 9.47 Å². The zero-order valence-electron chi connectivity index (χ0n) is 8.55. The van der Waals surface area contributed by atoms with E-state index in [1.165, 1.54) is 11.1 Å². The van der Waals surface area contributed by atoms with Gasteiger partial charge in [0.05, 0.1) is 13.7 Å². The highest BCUT2D eigenvalue weighted by molar-refractivity contribution is 9.08. The van der Waals surface area contributed by atoms with E-state index in [0.29, 0.717) is 0 Å². The van der Waals surface area contributed by atoms with Gasteiger partial charge in [0.15, 0.2) is 0 Å². The highest BCUT2D eigenvalue weighted by atomic mass is 79.9. The smallest absolute Gasteiger partial charge is 0.123 e. The van der Waals surface area contributed by atoms with Gasteiger partial charge >= 0.3 is 0 Å². The van der Waals surface area contributed by atoms with Crippen molar-refractivity contribution in [3.63, 3.8) is 0 Å². The zero-order chi connectivity index (χ0) is 10.4. The number of hydrogen-bond acceptors (Lipinski definition) is 2. The molecule has 0 heterocycles. The first-order valence-electron chi connectivity index (χ1n) is 4.52. The van der Waals surface area contributed by atoms with Gasteiger partial charge in [-0.2, -0.15) is 0 Å². The average molecular weight is 259 g/mol. The van der Waals surface area contributed by atoms with E-state index in [0.717, 1.165) is 24.1 Å². The molecular weight excluding hydrogens is 244 g/mol. The van der Waals surface area contributed by atoms with Gasteiger partial charge in [0.25, 0.3) is 0 Å². The molecule has 0 radical (unpaired) electrons. The highest BCUT2D eigenvalue weighted by Gasteiger charge is 2.02. The molecule has 0 aliphatic rings. The summed E-state index contributed by atoms with van der Waals surface area (Å²) < 4.78 is 10.3. The van der Waals surface area contributed by atoms with E-state index in [1.54, 1.807) is 14.2 Å². The average Bonchev–Trinajstić information content (AvgIpc) is 2.25. The SMILES string of the molecule is COCCc1ccc(CBr)c(OC)c1. The van der Waals surface area contributed by atoms with Crippen molar-refractivity contribution in [3.8, 4) is 5.75 Å². The monoisotopic (exact) mass is 258 g/mol. The van der Waals surface area contributed by atoms with Crippen LogP contribution < -0.4 is 4.74 Å². The molecule has 0 atom stereocenters. The van der Waals surface area contributed by atoms with E-state index in [9.17, 15) is 0 Å². The van der Waals surface area contributed by atoms with E-state index in [1.807, 2.05) is 0 Å². The van der Waals surface area contributed by atoms with E-state index < -0.39 is 0 Å². The summed E-state index contributed by atoms with van der Waals surface area (Å²) >= 11 is 3.42. The molecule has 1 aromatic carbocycles. The molecule has 2 nitrogen and oxygen atoms in total. The van der Waals surface area contributed by atoms with Gasteiger partial charge in [0.1, 0.15) is 5.75 Å². The van der Waals surface area contributed by atoms with E-state index in [-0.39, 0.29) is 0 Å². The number of rotatable bonds is 5. The maximum Gasteiger partial charge on any atom is 0.123 e. The van der Waals surface area contributed by atoms with Crippen LogP contribution in [0.1, 0.15) is 11.1 Å². The second-order valence-electron chi connectivity index (χ2n) is 3.02. The molecule has 0 aliphatic carbocycles. The van der Waals surface area contributed by atoms with E-state index >= 15 is 0 Å². The van der Waals surface area contributed by atoms with Gasteiger partial charge in [-0.25, -0.2) is 0 Å². The van der Waals surface area contributed by atoms with Crippen LogP contribution in [0.4, 0.5) is 0 Å². The molecule has 0 aromatic heterocycles. The van der Waals surface area contributed by atoms with Gasteiger partial charge in [-0.3, -0.25) is 0 Å². The number of ether oxygens (including phenoxy) is 2. The number of benzene rings is 1. The summed E-state index contributed by atoms with van der Waals surface area (Å²) in [6.07, 6.45) is 0.926. The third-order valence-corrected chi connectivity index (χ3v) is 2.69. The van der Waals surface area contributed by atoms with Crippen LogP contribution in [0.25, 0.3) is 0 Å². The minimum Gasteiger partial charge on any atom is -0.496 e. The molecule has 1 aromatic rings. The fourth-order valence-corrected chi connectivity index (χ4v) is 1.74. The Morgan fingerprint density at radius 1 is 1.29 bits per heavy atom. The molecule has 1 rings (SSSR count). The number of hydrogen-bond donors (Lipinski definition) is 0. The molecule has 0 saturated carbocycles. The van der Waals surface area contributed by atoms with Gasteiger partial charge in [-0.15, -0.1) is 0 Å². The predicted octanol–water partition coefficient (Wildman–Crippen LogP) is 2.78. The van der Waals surface area contributed by atoms with Crippen LogP contribution in [0.3, 0.4) is 0 Å². The van der Waals surface area contributed by atoms with Crippen LogP contribution >= 0.6 is 15.9 Å². The van der Waals surface area contributed by atoms with Crippen molar-refractivity contribution in [2.24, 2.45) is 0 Å². The van der Waals surface area contributed by atoms with Gasteiger partial charge in [0, 0.05) is 18.0 Å². The Kier molecular flexibility index (Phi) is 4.98. The second kappa shape index (κ2) is 6.04. The maximum atomic E-state index is 5.29. The summed E-state index contributed by atoms with van der Waals surface area (Å²) in [7, 11) is 3.41. The first-order valence-corrected chi connectivity index (χ1v) is 5.64. The molecule has 78 valence electrons. The Morgan fingerprint density at radius 2 is 2.07 bits per heavy atom. The predicted molar refractivity (Wildman–Crippen MR) is 61.2 cm³/mol. The lowest BCUT2D eigenvalue weighted by Crippen LogP contribution is -1.96. The molecule has 0 unspecified atom stereocenters. The van der Waals surface area contributed by atoms with Crippen molar-refractivity contribution < 1.29 is 9.47 Å². The van der Waals surface area contributed by atoms with Crippen LogP contribution in [-0.2, 0) is 16.5 Å². The molecular formula is C11H15BrO2. The molecule has 14 heavy (non-hydrogen) atoms. The van der Waals surface area contributed by atoms with E-state index in [4.69, 9.17) is 9.47 Å². The Balaban J connectivity index is 2.79. The van der Waals surface area contributed by atoms with Crippen LogP contribution in [0.5, 0.6) is 5.75 Å². The molecule has 0 fully saturated rings. The van der Waals surface area contributed by atoms with Crippen molar-refractivity contribution in [1.29, 1.82) is 0 Å². The summed E-state index contributed by atoms with van der Waals surface area (Å²) in [5, 5.41) is 0.820. The first kappa shape index (κ1) is 11.5. The molecule has 0 amide bonds. The fraction of sp³-hybridized carbons (Fsp3) is 0.455. The third kappa shape index (κ3) is 3.00. The number of alkyl halides is 1. The fourth-order valence-electron chi connectivity index (χ4n) is 1.27. The van der Waals surface area contributed by atoms with Gasteiger partial charge in [-0.1, -0.05) is 28.1 Å². The van der Waals surface area contributed by atoms with Gasteiger partial charge in [0.2, 0.25) is 0 Å². The zero-order valence-corrected chi connectivity index (χ0v) is 10.1. The molecule has 0 aliphatic heterocycles. The molecule has 0 spiro atoms. The summed E-state index contributed by atoms with van der Waals surface area (Å²) in [6.45, 7) is 0.747. The lowest BCUT2D eigenvalue weighted by atomic mass is 10.1. The van der Waals surface area contributed by atoms with E-state index in [2.05, 4.69) is 34.1 Å². The van der Waals surface area contributed by atoms with Crippen molar-refractivity contribution >= 4 is 15.9 Å². The topological polar surface area (TPSA) is 18.5 Å². The maximum absolute atomic E-state index is 5.29. The van der Waals surface area contributed by atoms with Crippen molar-refractivity contribution in [2.75, 3.05) is 20.8 Å². The molecule has 0 saturated heterocycles. The van der Waals surface area contributed by atoms with Crippen LogP contribution in [-0.4, -0.2) is 20.8 Å². The second-order valence-corrected chi connectivity index (χ2v) is 3.58. The largest absolute Gasteiger partial charge is 0.496 e. The number of methoxy groups -OCH3 is 2. The van der Waals surface area contributed by atoms with Crippen LogP contribution in [0, 0.1) is 0 Å². The first-order chi connectivity index (χ1) is 6.81. The number of halogens is 1. The summed E-state index contributed by atoms with van der Waals surface area (Å²) in [5.41, 5.74) is 2.42. The quantitative estimate of drug-likeness (QED) is 0.757. The van der Waals surface area contributed by atoms with Crippen LogP contribution in [0.15, 0.2) is 18.2 Å². The highest BCUT2D eigenvalue weighted by Crippen LogP contribution is 2.22. The Morgan fingerprint density at radius 3 is 2.64 bits per heavy atom. The van der Waals surface area contributed by atoms with Crippen molar-refractivity contribution in [3.05, 3.63) is 29.3 Å². The summed E-state index contributed by atoms with van der Waals surface area (Å²) in [5.74, 6) is 0.940. The minimum atomic E-state index is 0.747. The molecule has 0 bridgehead atoms. The van der Waals surface area contributed by atoms with Crippen molar-refractivity contribution in [2.45, 2.75) is 11.8 Å². The third-order valence-electron chi connectivity index (χ3n) is 2.09. The standard InChI is InChI=1S/C11H15BrO2/c1-13-6-5-9-3-4-10(8-12)11(7-9)14-2/h3-4,7H,5-6,8H2,1-2H3. The lowest BCUT2D eigenvalue weighted by molar-refractivity contribution is 0.202. The lowest BCUT2D eigenvalue weighted by Gasteiger charge is -2.08. The molecule has 0 N–H and O–H groups in total. The normalized spacial score (nSPS) is 10.2.